The number of ether oxygens (including phenoxy) is 1. The van der Waals surface area contributed by atoms with Gasteiger partial charge in [-0.25, -0.2) is 0 Å². The zero-order valence-corrected chi connectivity index (χ0v) is 9.66. The van der Waals surface area contributed by atoms with Crippen LogP contribution in [0.1, 0.15) is 25.5 Å². The Balaban J connectivity index is 2.56. The first-order chi connectivity index (χ1) is 7.27. The lowest BCUT2D eigenvalue weighted by molar-refractivity contribution is 0.362. The van der Waals surface area contributed by atoms with Gasteiger partial charge in [-0.15, -0.1) is 0 Å². The maximum atomic E-state index is 5.51. The molecule has 0 heterocycles. The molecular weight excluding hydrogens is 186 g/mol. The fourth-order valence-corrected chi connectivity index (χ4v) is 1.26. The van der Waals surface area contributed by atoms with Crippen LogP contribution in [0.15, 0.2) is 36.4 Å². The lowest BCUT2D eigenvalue weighted by Gasteiger charge is -2.11. The van der Waals surface area contributed by atoms with Gasteiger partial charge >= 0.3 is 0 Å². The molecule has 0 saturated heterocycles. The first-order valence-corrected chi connectivity index (χ1v) is 5.29. The molecule has 0 amide bonds. The van der Waals surface area contributed by atoms with Gasteiger partial charge in [-0.1, -0.05) is 24.3 Å². The number of hydrogen-bond donors (Lipinski definition) is 1. The number of allylic oxidation sites excluding steroid dienone is 1. The van der Waals surface area contributed by atoms with E-state index in [-0.39, 0.29) is 0 Å². The number of rotatable bonds is 5. The maximum Gasteiger partial charge on any atom is 0.119 e. The summed E-state index contributed by atoms with van der Waals surface area (Å²) < 4.78 is 5.51. The quantitative estimate of drug-likeness (QED) is 0.746. The average Bonchev–Trinajstić information content (AvgIpc) is 2.29. The fourth-order valence-electron chi connectivity index (χ4n) is 1.26. The SMILES string of the molecule is C/C=C/COc1ccc(C(C)NC)cc1. The summed E-state index contributed by atoms with van der Waals surface area (Å²) in [5.74, 6) is 0.917. The van der Waals surface area contributed by atoms with Gasteiger partial charge in [0, 0.05) is 6.04 Å². The van der Waals surface area contributed by atoms with Crippen LogP contribution in [0.3, 0.4) is 0 Å². The molecule has 2 nitrogen and oxygen atoms in total. The summed E-state index contributed by atoms with van der Waals surface area (Å²) in [7, 11) is 1.96. The van der Waals surface area contributed by atoms with Crippen LogP contribution in [0.2, 0.25) is 0 Å². The van der Waals surface area contributed by atoms with Gasteiger partial charge < -0.3 is 10.1 Å². The topological polar surface area (TPSA) is 21.3 Å². The second-order valence-electron chi connectivity index (χ2n) is 3.46. The zero-order chi connectivity index (χ0) is 11.1. The highest BCUT2D eigenvalue weighted by molar-refractivity contribution is 5.29. The van der Waals surface area contributed by atoms with Gasteiger partial charge in [0.05, 0.1) is 0 Å². The second kappa shape index (κ2) is 6.25. The summed E-state index contributed by atoms with van der Waals surface area (Å²) in [5.41, 5.74) is 1.27. The predicted molar refractivity (Wildman–Crippen MR) is 64.2 cm³/mol. The Kier molecular flexibility index (Phi) is 4.91. The van der Waals surface area contributed by atoms with Crippen LogP contribution < -0.4 is 10.1 Å². The Morgan fingerprint density at radius 3 is 2.53 bits per heavy atom. The van der Waals surface area contributed by atoms with Crippen molar-refractivity contribution in [3.05, 3.63) is 42.0 Å². The van der Waals surface area contributed by atoms with Crippen LogP contribution in [-0.4, -0.2) is 13.7 Å². The van der Waals surface area contributed by atoms with Crippen molar-refractivity contribution in [1.82, 2.24) is 5.32 Å². The highest BCUT2D eigenvalue weighted by Gasteiger charge is 2.01. The van der Waals surface area contributed by atoms with Gasteiger partial charge in [-0.2, -0.15) is 0 Å². The Labute approximate surface area is 92.0 Å². The molecule has 82 valence electrons. The normalized spacial score (nSPS) is 13.0. The van der Waals surface area contributed by atoms with Gasteiger partial charge in [-0.05, 0) is 38.6 Å². The van der Waals surface area contributed by atoms with E-state index in [1.807, 2.05) is 38.3 Å². The van der Waals surface area contributed by atoms with E-state index in [0.29, 0.717) is 12.6 Å². The van der Waals surface area contributed by atoms with Crippen LogP contribution in [0, 0.1) is 0 Å². The molecule has 1 aromatic carbocycles. The monoisotopic (exact) mass is 205 g/mol. The minimum atomic E-state index is 0.384. The Morgan fingerprint density at radius 1 is 1.33 bits per heavy atom. The summed E-state index contributed by atoms with van der Waals surface area (Å²) in [6, 6.07) is 8.58. The highest BCUT2D eigenvalue weighted by Crippen LogP contribution is 2.17. The lowest BCUT2D eigenvalue weighted by atomic mass is 10.1. The largest absolute Gasteiger partial charge is 0.490 e. The zero-order valence-electron chi connectivity index (χ0n) is 9.66. The van der Waals surface area contributed by atoms with Gasteiger partial charge in [0.1, 0.15) is 12.4 Å². The highest BCUT2D eigenvalue weighted by atomic mass is 16.5. The van der Waals surface area contributed by atoms with Gasteiger partial charge in [0.15, 0.2) is 0 Å². The van der Waals surface area contributed by atoms with Crippen LogP contribution in [0.4, 0.5) is 0 Å². The summed E-state index contributed by atoms with van der Waals surface area (Å²) >= 11 is 0. The molecule has 1 rings (SSSR count). The third-order valence-corrected chi connectivity index (χ3v) is 2.40. The van der Waals surface area contributed by atoms with Crippen molar-refractivity contribution in [2.45, 2.75) is 19.9 Å². The van der Waals surface area contributed by atoms with Crippen molar-refractivity contribution in [3.8, 4) is 5.75 Å². The molecule has 0 spiro atoms. The van der Waals surface area contributed by atoms with Crippen molar-refractivity contribution in [3.63, 3.8) is 0 Å². The van der Waals surface area contributed by atoms with Crippen LogP contribution in [-0.2, 0) is 0 Å². The molecule has 1 unspecified atom stereocenters. The van der Waals surface area contributed by atoms with Crippen molar-refractivity contribution in [2.75, 3.05) is 13.7 Å². The molecule has 0 aromatic heterocycles. The molecule has 15 heavy (non-hydrogen) atoms. The molecule has 0 aliphatic carbocycles. The predicted octanol–water partition coefficient (Wildman–Crippen LogP) is 2.92. The minimum Gasteiger partial charge on any atom is -0.490 e. The van der Waals surface area contributed by atoms with E-state index in [1.165, 1.54) is 5.56 Å². The molecule has 1 aromatic rings. The van der Waals surface area contributed by atoms with Gasteiger partial charge in [-0.3, -0.25) is 0 Å². The summed E-state index contributed by atoms with van der Waals surface area (Å²) in [6.45, 7) is 4.76. The number of hydrogen-bond acceptors (Lipinski definition) is 2. The molecule has 2 heteroatoms. The van der Waals surface area contributed by atoms with E-state index in [4.69, 9.17) is 4.74 Å². The second-order valence-corrected chi connectivity index (χ2v) is 3.46. The van der Waals surface area contributed by atoms with E-state index in [9.17, 15) is 0 Å². The van der Waals surface area contributed by atoms with E-state index in [2.05, 4.69) is 24.4 Å². The minimum absolute atomic E-state index is 0.384. The molecule has 0 aliphatic rings. The van der Waals surface area contributed by atoms with Crippen molar-refractivity contribution >= 4 is 0 Å². The number of nitrogens with one attached hydrogen (secondary N) is 1. The van der Waals surface area contributed by atoms with Gasteiger partial charge in [0.25, 0.3) is 0 Å². The molecule has 0 fully saturated rings. The molecule has 1 atom stereocenters. The molecule has 0 radical (unpaired) electrons. The molecular formula is C13H19NO. The lowest BCUT2D eigenvalue weighted by Crippen LogP contribution is -2.11. The van der Waals surface area contributed by atoms with E-state index in [0.717, 1.165) is 5.75 Å². The molecule has 1 N–H and O–H groups in total. The Hall–Kier alpha value is -1.28. The van der Waals surface area contributed by atoms with Crippen molar-refractivity contribution < 1.29 is 4.74 Å². The third kappa shape index (κ3) is 3.76. The smallest absolute Gasteiger partial charge is 0.119 e. The molecule has 0 bridgehead atoms. The summed E-state index contributed by atoms with van der Waals surface area (Å²) in [4.78, 5) is 0. The summed E-state index contributed by atoms with van der Waals surface area (Å²) in [6.07, 6.45) is 3.97. The average molecular weight is 205 g/mol. The van der Waals surface area contributed by atoms with E-state index >= 15 is 0 Å². The van der Waals surface area contributed by atoms with Crippen LogP contribution in [0.5, 0.6) is 5.75 Å². The maximum absolute atomic E-state index is 5.51. The van der Waals surface area contributed by atoms with Gasteiger partial charge in [0.2, 0.25) is 0 Å². The van der Waals surface area contributed by atoms with E-state index < -0.39 is 0 Å². The van der Waals surface area contributed by atoms with Crippen LogP contribution >= 0.6 is 0 Å². The number of benzene rings is 1. The first-order valence-electron chi connectivity index (χ1n) is 5.29. The van der Waals surface area contributed by atoms with Crippen LogP contribution in [0.25, 0.3) is 0 Å². The summed E-state index contributed by atoms with van der Waals surface area (Å²) in [5, 5.41) is 3.20. The third-order valence-electron chi connectivity index (χ3n) is 2.40. The fraction of sp³-hybridized carbons (Fsp3) is 0.385. The van der Waals surface area contributed by atoms with E-state index in [1.54, 1.807) is 0 Å². The Morgan fingerprint density at radius 2 is 2.00 bits per heavy atom. The Bertz CT molecular complexity index is 303. The molecule has 0 saturated carbocycles. The molecule has 0 aliphatic heterocycles. The van der Waals surface area contributed by atoms with Crippen molar-refractivity contribution in [1.29, 1.82) is 0 Å². The van der Waals surface area contributed by atoms with Crippen molar-refractivity contribution in [2.24, 2.45) is 0 Å². The first kappa shape index (κ1) is 11.8. The standard InChI is InChI=1S/C13H19NO/c1-4-5-10-15-13-8-6-12(7-9-13)11(2)14-3/h4-9,11,14H,10H2,1-3H3/b5-4+.